The zero-order valence-electron chi connectivity index (χ0n) is 10.4. The highest BCUT2D eigenvalue weighted by Crippen LogP contribution is 2.31. The topological polar surface area (TPSA) is 43.4 Å². The molecule has 0 radical (unpaired) electrons. The maximum Gasteiger partial charge on any atom is 0.151 e. The number of methoxy groups -OCH3 is 1. The lowest BCUT2D eigenvalue weighted by Gasteiger charge is -2.17. The van der Waals surface area contributed by atoms with E-state index in [1.54, 1.807) is 26.2 Å². The lowest BCUT2D eigenvalue weighted by atomic mass is 10.1. The van der Waals surface area contributed by atoms with Crippen molar-refractivity contribution in [1.82, 2.24) is 0 Å². The van der Waals surface area contributed by atoms with Crippen LogP contribution in [0.2, 0.25) is 0 Å². The van der Waals surface area contributed by atoms with Crippen molar-refractivity contribution in [1.29, 1.82) is 0 Å². The zero-order valence-corrected chi connectivity index (χ0v) is 12.0. The smallest absolute Gasteiger partial charge is 0.151 e. The summed E-state index contributed by atoms with van der Waals surface area (Å²) in [6, 6.07) is 5.46. The summed E-state index contributed by atoms with van der Waals surface area (Å²) in [7, 11) is -1.55. The second-order valence-electron chi connectivity index (χ2n) is 4.17. The molecule has 1 aromatic rings. The van der Waals surface area contributed by atoms with Gasteiger partial charge in [0.25, 0.3) is 0 Å². The first kappa shape index (κ1) is 14.3. The average Bonchev–Trinajstić information content (AvgIpc) is 2.25. The minimum absolute atomic E-state index is 0.547. The van der Waals surface area contributed by atoms with Gasteiger partial charge in [-0.15, -0.1) is 11.6 Å². The van der Waals surface area contributed by atoms with Crippen molar-refractivity contribution in [3.8, 4) is 5.75 Å². The van der Waals surface area contributed by atoms with Gasteiger partial charge in [-0.2, -0.15) is 0 Å². The van der Waals surface area contributed by atoms with Gasteiger partial charge in [0.15, 0.2) is 9.84 Å². The van der Waals surface area contributed by atoms with Gasteiger partial charge >= 0.3 is 0 Å². The van der Waals surface area contributed by atoms with E-state index in [9.17, 15) is 8.42 Å². The third-order valence-corrected chi connectivity index (χ3v) is 5.23. The maximum absolute atomic E-state index is 11.4. The van der Waals surface area contributed by atoms with Crippen molar-refractivity contribution in [3.05, 3.63) is 29.3 Å². The van der Waals surface area contributed by atoms with E-state index >= 15 is 0 Å². The fraction of sp³-hybridized carbons (Fsp3) is 0.500. The Bertz CT molecular complexity index is 496. The standard InChI is InChI=1S/C12H17ClO3S/c1-8-7-10(5-6-11(8)16-3)12(13)9(2)17(4,14)15/h5-7,9,12H,1-4H3. The SMILES string of the molecule is COc1ccc(C(Cl)C(C)S(C)(=O)=O)cc1C. The minimum Gasteiger partial charge on any atom is -0.496 e. The van der Waals surface area contributed by atoms with E-state index in [0.717, 1.165) is 16.9 Å². The molecule has 96 valence electrons. The minimum atomic E-state index is -3.14. The van der Waals surface area contributed by atoms with Crippen LogP contribution in [0.15, 0.2) is 18.2 Å². The maximum atomic E-state index is 11.4. The van der Waals surface area contributed by atoms with Crippen molar-refractivity contribution in [3.63, 3.8) is 0 Å². The molecule has 1 rings (SSSR count). The van der Waals surface area contributed by atoms with Crippen molar-refractivity contribution >= 4 is 21.4 Å². The normalized spacial score (nSPS) is 15.4. The third-order valence-electron chi connectivity index (χ3n) is 2.82. The molecule has 0 saturated heterocycles. The molecule has 0 aliphatic rings. The molecule has 0 saturated carbocycles. The van der Waals surface area contributed by atoms with E-state index in [0.29, 0.717) is 0 Å². The van der Waals surface area contributed by atoms with E-state index in [2.05, 4.69) is 0 Å². The van der Waals surface area contributed by atoms with E-state index in [1.807, 2.05) is 13.0 Å². The lowest BCUT2D eigenvalue weighted by Crippen LogP contribution is -2.21. The van der Waals surface area contributed by atoms with Crippen LogP contribution in [0.3, 0.4) is 0 Å². The van der Waals surface area contributed by atoms with Gasteiger partial charge in [-0.3, -0.25) is 0 Å². The van der Waals surface area contributed by atoms with Gasteiger partial charge in [-0.1, -0.05) is 12.1 Å². The summed E-state index contributed by atoms with van der Waals surface area (Å²) < 4.78 is 28.0. The molecule has 3 nitrogen and oxygen atoms in total. The number of ether oxygens (including phenoxy) is 1. The zero-order chi connectivity index (χ0) is 13.2. The van der Waals surface area contributed by atoms with Gasteiger partial charge in [0.1, 0.15) is 5.75 Å². The molecule has 0 aliphatic heterocycles. The van der Waals surface area contributed by atoms with Crippen LogP contribution in [0.25, 0.3) is 0 Å². The molecule has 0 aromatic heterocycles. The number of halogens is 1. The van der Waals surface area contributed by atoms with Gasteiger partial charge in [-0.25, -0.2) is 8.42 Å². The molecule has 17 heavy (non-hydrogen) atoms. The first-order valence-electron chi connectivity index (χ1n) is 5.25. The Morgan fingerprint density at radius 3 is 2.35 bits per heavy atom. The molecule has 1 aromatic carbocycles. The largest absolute Gasteiger partial charge is 0.496 e. The summed E-state index contributed by atoms with van der Waals surface area (Å²) in [6.45, 7) is 3.52. The molecule has 5 heteroatoms. The van der Waals surface area contributed by atoms with Crippen LogP contribution in [0.1, 0.15) is 23.4 Å². The van der Waals surface area contributed by atoms with Crippen LogP contribution < -0.4 is 4.74 Å². The Morgan fingerprint density at radius 2 is 1.94 bits per heavy atom. The van der Waals surface area contributed by atoms with Gasteiger partial charge in [0.05, 0.1) is 17.7 Å². The second kappa shape index (κ2) is 5.27. The van der Waals surface area contributed by atoms with Crippen molar-refractivity contribution < 1.29 is 13.2 Å². The number of rotatable bonds is 4. The Labute approximate surface area is 108 Å². The van der Waals surface area contributed by atoms with E-state index < -0.39 is 20.5 Å². The average molecular weight is 277 g/mol. The highest BCUT2D eigenvalue weighted by molar-refractivity contribution is 7.91. The molecule has 0 bridgehead atoms. The fourth-order valence-electron chi connectivity index (χ4n) is 1.56. The summed E-state index contributed by atoms with van der Waals surface area (Å²) in [5.41, 5.74) is 1.74. The fourth-order valence-corrected chi connectivity index (χ4v) is 2.85. The number of alkyl halides is 1. The van der Waals surface area contributed by atoms with Crippen LogP contribution in [0.4, 0.5) is 0 Å². The summed E-state index contributed by atoms with van der Waals surface area (Å²) in [4.78, 5) is 0. The molecule has 0 aliphatic carbocycles. The Morgan fingerprint density at radius 1 is 1.35 bits per heavy atom. The molecule has 0 heterocycles. The van der Waals surface area contributed by atoms with Crippen molar-refractivity contribution in [2.45, 2.75) is 24.5 Å². The molecule has 0 N–H and O–H groups in total. The van der Waals surface area contributed by atoms with Crippen LogP contribution in [-0.4, -0.2) is 27.0 Å². The Balaban J connectivity index is 3.05. The Kier molecular flexibility index (Phi) is 4.44. The lowest BCUT2D eigenvalue weighted by molar-refractivity contribution is 0.411. The van der Waals surface area contributed by atoms with Crippen molar-refractivity contribution in [2.75, 3.05) is 13.4 Å². The van der Waals surface area contributed by atoms with Gasteiger partial charge in [0, 0.05) is 6.26 Å². The predicted octanol–water partition coefficient (Wildman–Crippen LogP) is 2.72. The number of sulfone groups is 1. The third kappa shape index (κ3) is 3.36. The highest BCUT2D eigenvalue weighted by Gasteiger charge is 2.25. The van der Waals surface area contributed by atoms with E-state index in [4.69, 9.17) is 16.3 Å². The Hall–Kier alpha value is -0.740. The number of aryl methyl sites for hydroxylation is 1. The van der Waals surface area contributed by atoms with Gasteiger partial charge in [0.2, 0.25) is 0 Å². The van der Waals surface area contributed by atoms with Crippen LogP contribution in [-0.2, 0) is 9.84 Å². The summed E-state index contributed by atoms with van der Waals surface area (Å²) in [6.07, 6.45) is 1.20. The molecule has 2 unspecified atom stereocenters. The number of benzene rings is 1. The summed E-state index contributed by atoms with van der Waals surface area (Å²) >= 11 is 6.19. The second-order valence-corrected chi connectivity index (χ2v) is 7.04. The molecular weight excluding hydrogens is 260 g/mol. The first-order valence-corrected chi connectivity index (χ1v) is 7.64. The molecule has 0 fully saturated rings. The molecular formula is C12H17ClO3S. The molecule has 2 atom stereocenters. The number of hydrogen-bond acceptors (Lipinski definition) is 3. The highest BCUT2D eigenvalue weighted by atomic mass is 35.5. The van der Waals surface area contributed by atoms with Crippen LogP contribution >= 0.6 is 11.6 Å². The molecule has 0 amide bonds. The first-order chi connectivity index (χ1) is 7.77. The number of hydrogen-bond donors (Lipinski definition) is 0. The monoisotopic (exact) mass is 276 g/mol. The van der Waals surface area contributed by atoms with Gasteiger partial charge in [-0.05, 0) is 31.0 Å². The van der Waals surface area contributed by atoms with Crippen LogP contribution in [0, 0.1) is 6.92 Å². The summed E-state index contributed by atoms with van der Waals surface area (Å²) in [5.74, 6) is 0.768. The van der Waals surface area contributed by atoms with E-state index in [-0.39, 0.29) is 0 Å². The molecule has 0 spiro atoms. The quantitative estimate of drug-likeness (QED) is 0.794. The summed E-state index contributed by atoms with van der Waals surface area (Å²) in [5, 5.41) is -1.16. The van der Waals surface area contributed by atoms with E-state index in [1.165, 1.54) is 6.26 Å². The predicted molar refractivity (Wildman–Crippen MR) is 70.6 cm³/mol. The van der Waals surface area contributed by atoms with Crippen molar-refractivity contribution in [2.24, 2.45) is 0 Å². The van der Waals surface area contributed by atoms with Gasteiger partial charge < -0.3 is 4.74 Å². The van der Waals surface area contributed by atoms with Crippen LogP contribution in [0.5, 0.6) is 5.75 Å².